The van der Waals surface area contributed by atoms with Gasteiger partial charge in [0, 0.05) is 30.6 Å². The lowest BCUT2D eigenvalue weighted by atomic mass is 10.0. The minimum atomic E-state index is -5.04. The number of carbonyl (C=O) groups is 1. The number of alkyl halides is 3. The highest BCUT2D eigenvalue weighted by molar-refractivity contribution is 7.92. The summed E-state index contributed by atoms with van der Waals surface area (Å²) in [4.78, 5) is 24.2. The van der Waals surface area contributed by atoms with Gasteiger partial charge in [-0.3, -0.25) is 14.8 Å². The average molecular weight is 466 g/mol. The Hall–Kier alpha value is -2.93. The van der Waals surface area contributed by atoms with Crippen LogP contribution in [0.1, 0.15) is 13.3 Å². The van der Waals surface area contributed by atoms with Crippen LogP contribution >= 0.6 is 0 Å². The van der Waals surface area contributed by atoms with E-state index in [0.29, 0.717) is 0 Å². The highest BCUT2D eigenvalue weighted by Crippen LogP contribution is 2.34. The molecular weight excluding hydrogens is 448 g/mol. The Bertz CT molecular complexity index is 1150. The van der Waals surface area contributed by atoms with E-state index in [2.05, 4.69) is 4.74 Å². The van der Waals surface area contributed by atoms with Crippen molar-refractivity contribution in [2.75, 3.05) is 6.26 Å². The zero-order valence-corrected chi connectivity index (χ0v) is 17.1. The molecule has 0 spiro atoms. The molecule has 0 aliphatic heterocycles. The molecule has 1 aromatic heterocycles. The number of aryl methyl sites for hydroxylation is 1. The molecule has 0 aliphatic carbocycles. The van der Waals surface area contributed by atoms with Gasteiger partial charge < -0.3 is 9.30 Å². The number of hydrogen-bond acceptors (Lipinski definition) is 6. The zero-order valence-electron chi connectivity index (χ0n) is 16.2. The fourth-order valence-corrected chi connectivity index (χ4v) is 3.57. The number of pyridine rings is 1. The van der Waals surface area contributed by atoms with Gasteiger partial charge in [0.15, 0.2) is 14.6 Å². The quantitative estimate of drug-likeness (QED) is 0.368. The van der Waals surface area contributed by atoms with Gasteiger partial charge in [-0.05, 0) is 43.2 Å². The monoisotopic (exact) mass is 466 g/mol. The van der Waals surface area contributed by atoms with Gasteiger partial charge in [0.05, 0.1) is 0 Å². The number of benzene rings is 1. The summed E-state index contributed by atoms with van der Waals surface area (Å²) in [6.07, 6.45) is -3.48. The molecule has 8 nitrogen and oxygen atoms in total. The van der Waals surface area contributed by atoms with Crippen LogP contribution in [0.4, 0.5) is 17.6 Å². The minimum Gasteiger partial charge on any atom is -0.405 e. The molecule has 1 amide bonds. The summed E-state index contributed by atoms with van der Waals surface area (Å²) in [5.41, 5.74) is 0.139. The molecule has 0 bridgehead atoms. The van der Waals surface area contributed by atoms with Crippen LogP contribution in [-0.4, -0.2) is 41.5 Å². The standard InChI is InChI=1S/C18H18F4N2O6S/c1-17(16(26)23-27,31(2,28)29)6-8-24-7-5-11(9-15(24)25)13-10-12(19)3-4-14(13)30-18(20,21)22/h3-5,7,9-10,27H,6,8H2,1-2H3,(H,23,26). The van der Waals surface area contributed by atoms with E-state index in [1.165, 1.54) is 11.5 Å². The topological polar surface area (TPSA) is 115 Å². The van der Waals surface area contributed by atoms with E-state index in [-0.39, 0.29) is 24.1 Å². The van der Waals surface area contributed by atoms with Crippen molar-refractivity contribution in [2.45, 2.75) is 31.0 Å². The number of amides is 1. The highest BCUT2D eigenvalue weighted by atomic mass is 32.2. The second-order valence-electron chi connectivity index (χ2n) is 6.83. The van der Waals surface area contributed by atoms with E-state index in [1.54, 1.807) is 0 Å². The lowest BCUT2D eigenvalue weighted by Crippen LogP contribution is -2.49. The molecule has 2 aromatic rings. The first-order valence-corrected chi connectivity index (χ1v) is 10.5. The second-order valence-corrected chi connectivity index (χ2v) is 9.27. The number of ether oxygens (including phenoxy) is 1. The van der Waals surface area contributed by atoms with Crippen molar-refractivity contribution in [3.8, 4) is 16.9 Å². The highest BCUT2D eigenvalue weighted by Gasteiger charge is 2.43. The van der Waals surface area contributed by atoms with Crippen LogP contribution in [-0.2, 0) is 21.2 Å². The zero-order chi connectivity index (χ0) is 23.6. The van der Waals surface area contributed by atoms with Crippen molar-refractivity contribution < 1.29 is 40.7 Å². The number of rotatable bonds is 7. The van der Waals surface area contributed by atoms with Gasteiger partial charge in [-0.15, -0.1) is 13.2 Å². The number of nitrogens with one attached hydrogen (secondary N) is 1. The van der Waals surface area contributed by atoms with E-state index < -0.39 is 44.0 Å². The molecule has 0 saturated carbocycles. The van der Waals surface area contributed by atoms with Crippen LogP contribution in [0.15, 0.2) is 41.3 Å². The SMILES string of the molecule is CC(CCn1ccc(-c2cc(F)ccc2OC(F)(F)F)cc1=O)(C(=O)NO)S(C)(=O)=O. The van der Waals surface area contributed by atoms with Crippen molar-refractivity contribution in [3.63, 3.8) is 0 Å². The summed E-state index contributed by atoms with van der Waals surface area (Å²) in [5, 5.41) is 8.82. The molecule has 0 saturated heterocycles. The van der Waals surface area contributed by atoms with Crippen LogP contribution in [0, 0.1) is 5.82 Å². The van der Waals surface area contributed by atoms with Gasteiger partial charge in [0.25, 0.3) is 11.5 Å². The van der Waals surface area contributed by atoms with Crippen LogP contribution < -0.4 is 15.8 Å². The maximum absolute atomic E-state index is 13.6. The van der Waals surface area contributed by atoms with E-state index >= 15 is 0 Å². The van der Waals surface area contributed by atoms with E-state index in [0.717, 1.165) is 48.2 Å². The molecule has 0 radical (unpaired) electrons. The maximum Gasteiger partial charge on any atom is 0.573 e. The number of hydrogen-bond donors (Lipinski definition) is 2. The van der Waals surface area contributed by atoms with Crippen molar-refractivity contribution in [3.05, 3.63) is 52.7 Å². The largest absolute Gasteiger partial charge is 0.573 e. The van der Waals surface area contributed by atoms with Crippen LogP contribution in [0.25, 0.3) is 11.1 Å². The Morgan fingerprint density at radius 3 is 2.39 bits per heavy atom. The summed E-state index contributed by atoms with van der Waals surface area (Å²) in [6, 6.07) is 4.44. The molecule has 2 N–H and O–H groups in total. The lowest BCUT2D eigenvalue weighted by Gasteiger charge is -2.25. The molecule has 1 heterocycles. The lowest BCUT2D eigenvalue weighted by molar-refractivity contribution is -0.274. The van der Waals surface area contributed by atoms with Gasteiger partial charge in [-0.1, -0.05) is 0 Å². The third-order valence-corrected chi connectivity index (χ3v) is 6.73. The predicted molar refractivity (Wildman–Crippen MR) is 101 cm³/mol. The van der Waals surface area contributed by atoms with Gasteiger partial charge >= 0.3 is 6.36 Å². The second kappa shape index (κ2) is 8.67. The average Bonchev–Trinajstić information content (AvgIpc) is 2.65. The Morgan fingerprint density at radius 1 is 1.23 bits per heavy atom. The van der Waals surface area contributed by atoms with Crippen LogP contribution in [0.2, 0.25) is 0 Å². The van der Waals surface area contributed by atoms with Gasteiger partial charge in [-0.2, -0.15) is 0 Å². The van der Waals surface area contributed by atoms with Crippen molar-refractivity contribution >= 4 is 15.7 Å². The first-order chi connectivity index (χ1) is 14.2. The summed E-state index contributed by atoms with van der Waals surface area (Å²) in [6.45, 7) is 0.798. The Balaban J connectivity index is 2.38. The smallest absolute Gasteiger partial charge is 0.405 e. The molecule has 0 fully saturated rings. The molecule has 2 rings (SSSR count). The molecule has 1 unspecified atom stereocenters. The molecule has 0 aliphatic rings. The third kappa shape index (κ3) is 5.61. The van der Waals surface area contributed by atoms with Gasteiger partial charge in [-0.25, -0.2) is 18.3 Å². The van der Waals surface area contributed by atoms with Crippen molar-refractivity contribution in [2.24, 2.45) is 0 Å². The minimum absolute atomic E-state index is 0.0704. The van der Waals surface area contributed by atoms with Crippen LogP contribution in [0.3, 0.4) is 0 Å². The normalized spacial score (nSPS) is 14.0. The molecular formula is C18H18F4N2O6S. The number of sulfone groups is 1. The number of aromatic nitrogens is 1. The van der Waals surface area contributed by atoms with E-state index in [4.69, 9.17) is 5.21 Å². The number of nitrogens with zero attached hydrogens (tertiary/aromatic N) is 1. The number of halogens is 4. The van der Waals surface area contributed by atoms with E-state index in [1.807, 2.05) is 0 Å². The van der Waals surface area contributed by atoms with Gasteiger partial charge in [0.1, 0.15) is 11.6 Å². The fourth-order valence-electron chi connectivity index (χ4n) is 2.72. The van der Waals surface area contributed by atoms with Crippen molar-refractivity contribution in [1.82, 2.24) is 10.0 Å². The molecule has 1 aromatic carbocycles. The molecule has 31 heavy (non-hydrogen) atoms. The summed E-state index contributed by atoms with van der Waals surface area (Å²) >= 11 is 0. The first kappa shape index (κ1) is 24.3. The maximum atomic E-state index is 13.6. The van der Waals surface area contributed by atoms with Gasteiger partial charge in [0.2, 0.25) is 0 Å². The third-order valence-electron chi connectivity index (χ3n) is 4.70. The van der Waals surface area contributed by atoms with E-state index in [9.17, 15) is 35.6 Å². The summed E-state index contributed by atoms with van der Waals surface area (Å²) in [5.74, 6) is -2.75. The first-order valence-electron chi connectivity index (χ1n) is 8.58. The molecule has 1 atom stereocenters. The summed E-state index contributed by atoms with van der Waals surface area (Å²) in [7, 11) is -3.99. The number of carbonyl (C=O) groups excluding carboxylic acids is 1. The predicted octanol–water partition coefficient (Wildman–Crippen LogP) is 2.25. The molecule has 170 valence electrons. The summed E-state index contributed by atoms with van der Waals surface area (Å²) < 4.78 is 78.2. The Morgan fingerprint density at radius 2 is 1.87 bits per heavy atom. The fraction of sp³-hybridized carbons (Fsp3) is 0.333. The Labute approximate surface area is 173 Å². The van der Waals surface area contributed by atoms with Crippen LogP contribution in [0.5, 0.6) is 5.75 Å². The number of hydroxylamine groups is 1. The van der Waals surface area contributed by atoms with Crippen molar-refractivity contribution in [1.29, 1.82) is 0 Å². The molecule has 13 heteroatoms. The Kier molecular flexibility index (Phi) is 6.81.